The molecule has 1 rings (SSSR count). The van der Waals surface area contributed by atoms with Crippen LogP contribution in [0.25, 0.3) is 0 Å². The third-order valence-corrected chi connectivity index (χ3v) is 4.19. The van der Waals surface area contributed by atoms with Gasteiger partial charge in [0.15, 0.2) is 0 Å². The predicted octanol–water partition coefficient (Wildman–Crippen LogP) is 1.51. The molecule has 0 aromatic carbocycles. The SMILES string of the molecule is CCN(CC)C(=O)CN(C)CC(=O)N(C)Cc1cccs1. The summed E-state index contributed by atoms with van der Waals surface area (Å²) in [6.07, 6.45) is 0. The van der Waals surface area contributed by atoms with E-state index in [1.54, 1.807) is 40.1 Å². The first-order valence-electron chi connectivity index (χ1n) is 7.20. The average molecular weight is 311 g/mol. The molecular weight excluding hydrogens is 286 g/mol. The van der Waals surface area contributed by atoms with Crippen LogP contribution in [0.5, 0.6) is 0 Å². The van der Waals surface area contributed by atoms with E-state index in [1.807, 2.05) is 31.4 Å². The van der Waals surface area contributed by atoms with E-state index in [0.29, 0.717) is 19.6 Å². The molecule has 5 nitrogen and oxygen atoms in total. The first-order chi connectivity index (χ1) is 9.97. The number of nitrogens with zero attached hydrogens (tertiary/aromatic N) is 3. The van der Waals surface area contributed by atoms with Gasteiger partial charge in [0.1, 0.15) is 0 Å². The Labute approximate surface area is 131 Å². The molecule has 0 radical (unpaired) electrons. The van der Waals surface area contributed by atoms with Crippen molar-refractivity contribution >= 4 is 23.2 Å². The molecule has 0 aliphatic rings. The van der Waals surface area contributed by atoms with E-state index in [-0.39, 0.29) is 24.9 Å². The number of carbonyl (C=O) groups is 2. The maximum atomic E-state index is 12.1. The Morgan fingerprint density at radius 3 is 2.24 bits per heavy atom. The number of amides is 2. The number of thiophene rings is 1. The zero-order valence-corrected chi connectivity index (χ0v) is 14.2. The topological polar surface area (TPSA) is 43.9 Å². The van der Waals surface area contributed by atoms with Crippen molar-refractivity contribution in [2.24, 2.45) is 0 Å². The fraction of sp³-hybridized carbons (Fsp3) is 0.600. The molecule has 0 saturated heterocycles. The first-order valence-corrected chi connectivity index (χ1v) is 8.08. The molecule has 0 bridgehead atoms. The highest BCUT2D eigenvalue weighted by Crippen LogP contribution is 2.10. The number of likely N-dealkylation sites (N-methyl/N-ethyl adjacent to an activating group) is 3. The van der Waals surface area contributed by atoms with E-state index >= 15 is 0 Å². The van der Waals surface area contributed by atoms with E-state index in [1.165, 1.54) is 0 Å². The van der Waals surface area contributed by atoms with Crippen LogP contribution in [0.2, 0.25) is 0 Å². The highest BCUT2D eigenvalue weighted by molar-refractivity contribution is 7.09. The summed E-state index contributed by atoms with van der Waals surface area (Å²) in [4.78, 5) is 30.5. The van der Waals surface area contributed by atoms with Crippen LogP contribution in [0.15, 0.2) is 17.5 Å². The molecule has 0 fully saturated rings. The zero-order valence-electron chi connectivity index (χ0n) is 13.3. The molecular formula is C15H25N3O2S. The molecule has 2 amide bonds. The van der Waals surface area contributed by atoms with Gasteiger partial charge in [-0.1, -0.05) is 6.07 Å². The monoisotopic (exact) mass is 311 g/mol. The summed E-state index contributed by atoms with van der Waals surface area (Å²) in [6, 6.07) is 4.00. The van der Waals surface area contributed by atoms with Gasteiger partial charge in [-0.2, -0.15) is 0 Å². The Hall–Kier alpha value is -1.40. The lowest BCUT2D eigenvalue weighted by atomic mass is 10.3. The molecule has 0 aliphatic heterocycles. The molecule has 1 aromatic rings. The van der Waals surface area contributed by atoms with E-state index in [0.717, 1.165) is 4.88 Å². The Bertz CT molecular complexity index is 444. The lowest BCUT2D eigenvalue weighted by molar-refractivity contribution is -0.134. The molecule has 6 heteroatoms. The van der Waals surface area contributed by atoms with Crippen LogP contribution in [0.1, 0.15) is 18.7 Å². The molecule has 118 valence electrons. The summed E-state index contributed by atoms with van der Waals surface area (Å²) >= 11 is 1.64. The number of carbonyl (C=O) groups excluding carboxylic acids is 2. The highest BCUT2D eigenvalue weighted by atomic mass is 32.1. The third-order valence-electron chi connectivity index (χ3n) is 3.33. The summed E-state index contributed by atoms with van der Waals surface area (Å²) < 4.78 is 0. The van der Waals surface area contributed by atoms with E-state index < -0.39 is 0 Å². The summed E-state index contributed by atoms with van der Waals surface area (Å²) in [5.74, 6) is 0.0921. The Morgan fingerprint density at radius 1 is 1.10 bits per heavy atom. The average Bonchev–Trinajstić information content (AvgIpc) is 2.92. The lowest BCUT2D eigenvalue weighted by Gasteiger charge is -2.24. The van der Waals surface area contributed by atoms with Gasteiger partial charge in [-0.05, 0) is 32.3 Å². The standard InChI is InChI=1S/C15H25N3O2S/c1-5-18(6-2)15(20)12-16(3)11-14(19)17(4)10-13-8-7-9-21-13/h7-9H,5-6,10-12H2,1-4H3. The van der Waals surface area contributed by atoms with E-state index in [2.05, 4.69) is 0 Å². The van der Waals surface area contributed by atoms with Gasteiger partial charge >= 0.3 is 0 Å². The van der Waals surface area contributed by atoms with Gasteiger partial charge in [0, 0.05) is 25.0 Å². The fourth-order valence-corrected chi connectivity index (χ4v) is 2.80. The fourth-order valence-electron chi connectivity index (χ4n) is 2.04. The van der Waals surface area contributed by atoms with Crippen molar-refractivity contribution in [1.82, 2.24) is 14.7 Å². The second kappa shape index (κ2) is 8.79. The molecule has 21 heavy (non-hydrogen) atoms. The lowest BCUT2D eigenvalue weighted by Crippen LogP contribution is -2.42. The van der Waals surface area contributed by atoms with Crippen LogP contribution in [-0.4, -0.2) is 66.8 Å². The third kappa shape index (κ3) is 5.85. The number of hydrogen-bond acceptors (Lipinski definition) is 4. The second-order valence-electron chi connectivity index (χ2n) is 5.07. The highest BCUT2D eigenvalue weighted by Gasteiger charge is 2.16. The van der Waals surface area contributed by atoms with Gasteiger partial charge in [0.25, 0.3) is 0 Å². The first kappa shape index (κ1) is 17.7. The number of rotatable bonds is 8. The Balaban J connectivity index is 2.41. The van der Waals surface area contributed by atoms with Gasteiger partial charge in [0.2, 0.25) is 11.8 Å². The smallest absolute Gasteiger partial charge is 0.236 e. The minimum absolute atomic E-state index is 0.0262. The van der Waals surface area contributed by atoms with Crippen LogP contribution >= 0.6 is 11.3 Å². The molecule has 0 spiro atoms. The zero-order chi connectivity index (χ0) is 15.8. The second-order valence-corrected chi connectivity index (χ2v) is 6.10. The predicted molar refractivity (Wildman–Crippen MR) is 86.2 cm³/mol. The molecule has 1 aromatic heterocycles. The van der Waals surface area contributed by atoms with Crippen LogP contribution in [0.4, 0.5) is 0 Å². The normalized spacial score (nSPS) is 10.7. The molecule has 0 unspecified atom stereocenters. The molecule has 0 N–H and O–H groups in total. The van der Waals surface area contributed by atoms with Crippen molar-refractivity contribution in [1.29, 1.82) is 0 Å². The summed E-state index contributed by atoms with van der Waals surface area (Å²) in [5, 5.41) is 2.00. The van der Waals surface area contributed by atoms with Gasteiger partial charge in [-0.3, -0.25) is 14.5 Å². The maximum absolute atomic E-state index is 12.1. The van der Waals surface area contributed by atoms with Gasteiger partial charge in [0.05, 0.1) is 19.6 Å². The molecule has 1 heterocycles. The summed E-state index contributed by atoms with van der Waals surface area (Å²) in [7, 11) is 3.60. The van der Waals surface area contributed by atoms with Crippen molar-refractivity contribution in [3.05, 3.63) is 22.4 Å². The molecule has 0 aliphatic carbocycles. The van der Waals surface area contributed by atoms with Crippen molar-refractivity contribution < 1.29 is 9.59 Å². The number of hydrogen-bond donors (Lipinski definition) is 0. The van der Waals surface area contributed by atoms with Crippen molar-refractivity contribution in [3.63, 3.8) is 0 Å². The van der Waals surface area contributed by atoms with Gasteiger partial charge in [-0.25, -0.2) is 0 Å². The van der Waals surface area contributed by atoms with E-state index in [9.17, 15) is 9.59 Å². The van der Waals surface area contributed by atoms with Crippen LogP contribution < -0.4 is 0 Å². The maximum Gasteiger partial charge on any atom is 0.236 e. The Morgan fingerprint density at radius 2 is 1.71 bits per heavy atom. The van der Waals surface area contributed by atoms with Crippen molar-refractivity contribution in [2.45, 2.75) is 20.4 Å². The summed E-state index contributed by atoms with van der Waals surface area (Å²) in [5.41, 5.74) is 0. The van der Waals surface area contributed by atoms with Crippen LogP contribution in [-0.2, 0) is 16.1 Å². The van der Waals surface area contributed by atoms with Gasteiger partial charge in [-0.15, -0.1) is 11.3 Å². The molecule has 0 atom stereocenters. The van der Waals surface area contributed by atoms with Gasteiger partial charge < -0.3 is 9.80 Å². The minimum Gasteiger partial charge on any atom is -0.342 e. The molecule has 0 saturated carbocycles. The van der Waals surface area contributed by atoms with Crippen molar-refractivity contribution in [2.75, 3.05) is 40.3 Å². The van der Waals surface area contributed by atoms with E-state index in [4.69, 9.17) is 0 Å². The minimum atomic E-state index is 0.0262. The quantitative estimate of drug-likeness (QED) is 0.731. The largest absolute Gasteiger partial charge is 0.342 e. The van der Waals surface area contributed by atoms with Crippen LogP contribution in [0.3, 0.4) is 0 Å². The summed E-state index contributed by atoms with van der Waals surface area (Å²) in [6.45, 7) is 6.48. The van der Waals surface area contributed by atoms with Crippen molar-refractivity contribution in [3.8, 4) is 0 Å². The Kier molecular flexibility index (Phi) is 7.39. The van der Waals surface area contributed by atoms with Crippen LogP contribution in [0, 0.1) is 0 Å².